The van der Waals surface area contributed by atoms with Crippen molar-refractivity contribution in [3.8, 4) is 0 Å². The first-order chi connectivity index (χ1) is 7.65. The summed E-state index contributed by atoms with van der Waals surface area (Å²) in [5.41, 5.74) is 2.63. The Hall–Kier alpha value is -0.860. The van der Waals surface area contributed by atoms with Gasteiger partial charge in [0.05, 0.1) is 6.10 Å². The minimum absolute atomic E-state index is 0.127. The molecule has 1 N–H and O–H groups in total. The van der Waals surface area contributed by atoms with Gasteiger partial charge >= 0.3 is 0 Å². The van der Waals surface area contributed by atoms with Gasteiger partial charge in [0.1, 0.15) is 0 Å². The van der Waals surface area contributed by atoms with Gasteiger partial charge in [0.15, 0.2) is 0 Å². The second-order valence-corrected chi connectivity index (χ2v) is 5.07. The van der Waals surface area contributed by atoms with Crippen LogP contribution in [-0.2, 0) is 6.42 Å². The fourth-order valence-electron chi connectivity index (χ4n) is 2.43. The van der Waals surface area contributed by atoms with Crippen molar-refractivity contribution in [2.24, 2.45) is 5.92 Å². The predicted octanol–water partition coefficient (Wildman–Crippen LogP) is 1.85. The Bertz CT molecular complexity index is 333. The molecule has 1 aliphatic heterocycles. The minimum Gasteiger partial charge on any atom is -0.393 e. The molecule has 1 aliphatic rings. The highest BCUT2D eigenvalue weighted by Crippen LogP contribution is 2.20. The molecule has 2 unspecified atom stereocenters. The molecule has 0 saturated carbocycles. The van der Waals surface area contributed by atoms with Crippen LogP contribution < -0.4 is 0 Å². The average molecular weight is 219 g/mol. The number of rotatable bonds is 2. The van der Waals surface area contributed by atoms with Gasteiger partial charge in [-0.15, -0.1) is 0 Å². The molecule has 1 aromatic carbocycles. The summed E-state index contributed by atoms with van der Waals surface area (Å²) in [6.07, 6.45) is 1.77. The third-order valence-electron chi connectivity index (χ3n) is 3.52. The van der Waals surface area contributed by atoms with Crippen molar-refractivity contribution in [3.05, 3.63) is 35.4 Å². The Labute approximate surface area is 97.9 Å². The zero-order chi connectivity index (χ0) is 11.5. The molecule has 16 heavy (non-hydrogen) atoms. The van der Waals surface area contributed by atoms with E-state index in [0.717, 1.165) is 25.9 Å². The number of aliphatic hydroxyl groups is 1. The van der Waals surface area contributed by atoms with Gasteiger partial charge < -0.3 is 10.0 Å². The molecule has 2 rings (SSSR count). The van der Waals surface area contributed by atoms with Gasteiger partial charge in [-0.05, 0) is 32.4 Å². The number of benzene rings is 1. The molecule has 2 heteroatoms. The van der Waals surface area contributed by atoms with E-state index in [-0.39, 0.29) is 6.10 Å². The molecule has 0 bridgehead atoms. The van der Waals surface area contributed by atoms with Crippen LogP contribution >= 0.6 is 0 Å². The highest BCUT2D eigenvalue weighted by atomic mass is 16.3. The highest BCUT2D eigenvalue weighted by molar-refractivity contribution is 5.22. The molecule has 1 aromatic rings. The summed E-state index contributed by atoms with van der Waals surface area (Å²) < 4.78 is 0. The molecule has 0 radical (unpaired) electrons. The van der Waals surface area contributed by atoms with Crippen LogP contribution in [-0.4, -0.2) is 36.2 Å². The van der Waals surface area contributed by atoms with Crippen molar-refractivity contribution in [2.75, 3.05) is 20.1 Å². The number of aliphatic hydroxyl groups excluding tert-OH is 1. The minimum atomic E-state index is -0.127. The fourth-order valence-corrected chi connectivity index (χ4v) is 2.43. The lowest BCUT2D eigenvalue weighted by molar-refractivity contribution is 0.0366. The zero-order valence-electron chi connectivity index (χ0n) is 10.2. The van der Waals surface area contributed by atoms with Crippen LogP contribution in [0.2, 0.25) is 0 Å². The topological polar surface area (TPSA) is 23.5 Å². The number of hydrogen-bond acceptors (Lipinski definition) is 2. The van der Waals surface area contributed by atoms with E-state index in [4.69, 9.17) is 0 Å². The second kappa shape index (κ2) is 4.98. The number of piperidine rings is 1. The van der Waals surface area contributed by atoms with E-state index in [9.17, 15) is 5.11 Å². The van der Waals surface area contributed by atoms with Crippen molar-refractivity contribution in [2.45, 2.75) is 25.9 Å². The molecule has 2 atom stereocenters. The van der Waals surface area contributed by atoms with Gasteiger partial charge in [0, 0.05) is 19.0 Å². The van der Waals surface area contributed by atoms with Gasteiger partial charge in [0.25, 0.3) is 0 Å². The molecule has 0 amide bonds. The molecular formula is C14H21NO. The monoisotopic (exact) mass is 219 g/mol. The number of nitrogens with zero attached hydrogens (tertiary/aromatic N) is 1. The van der Waals surface area contributed by atoms with Crippen LogP contribution in [0.5, 0.6) is 0 Å². The van der Waals surface area contributed by atoms with Crippen LogP contribution in [0.4, 0.5) is 0 Å². The van der Waals surface area contributed by atoms with Crippen LogP contribution in [0, 0.1) is 12.8 Å². The highest BCUT2D eigenvalue weighted by Gasteiger charge is 2.25. The fraction of sp³-hybridized carbons (Fsp3) is 0.571. The molecule has 88 valence electrons. The van der Waals surface area contributed by atoms with E-state index in [1.807, 2.05) is 0 Å². The molecule has 0 aliphatic carbocycles. The van der Waals surface area contributed by atoms with Crippen molar-refractivity contribution < 1.29 is 5.11 Å². The summed E-state index contributed by atoms with van der Waals surface area (Å²) >= 11 is 0. The van der Waals surface area contributed by atoms with Crippen molar-refractivity contribution in [1.82, 2.24) is 4.90 Å². The lowest BCUT2D eigenvalue weighted by Gasteiger charge is -2.34. The molecule has 0 spiro atoms. The third kappa shape index (κ3) is 2.83. The van der Waals surface area contributed by atoms with Crippen LogP contribution in [0.1, 0.15) is 17.5 Å². The van der Waals surface area contributed by atoms with Gasteiger partial charge in [0.2, 0.25) is 0 Å². The van der Waals surface area contributed by atoms with Crippen LogP contribution in [0.15, 0.2) is 24.3 Å². The number of likely N-dealkylation sites (tertiary alicyclic amines) is 1. The zero-order valence-corrected chi connectivity index (χ0v) is 10.2. The SMILES string of the molecule is Cc1ccc(CC2CN(C)CCC2O)cc1. The Kier molecular flexibility index (Phi) is 3.62. The summed E-state index contributed by atoms with van der Waals surface area (Å²) in [6.45, 7) is 4.13. The van der Waals surface area contributed by atoms with E-state index < -0.39 is 0 Å². The van der Waals surface area contributed by atoms with Crippen molar-refractivity contribution in [3.63, 3.8) is 0 Å². The van der Waals surface area contributed by atoms with E-state index in [1.54, 1.807) is 0 Å². The van der Waals surface area contributed by atoms with Gasteiger partial charge in [-0.1, -0.05) is 29.8 Å². The summed E-state index contributed by atoms with van der Waals surface area (Å²) in [5.74, 6) is 0.390. The molecular weight excluding hydrogens is 198 g/mol. The first-order valence-electron chi connectivity index (χ1n) is 6.07. The first-order valence-corrected chi connectivity index (χ1v) is 6.07. The maximum atomic E-state index is 9.98. The smallest absolute Gasteiger partial charge is 0.0596 e. The Morgan fingerprint density at radius 1 is 1.31 bits per heavy atom. The molecule has 1 saturated heterocycles. The van der Waals surface area contributed by atoms with Gasteiger partial charge in [-0.25, -0.2) is 0 Å². The Morgan fingerprint density at radius 3 is 2.69 bits per heavy atom. The Balaban J connectivity index is 2.00. The predicted molar refractivity (Wildman–Crippen MR) is 66.5 cm³/mol. The maximum absolute atomic E-state index is 9.98. The average Bonchev–Trinajstić information content (AvgIpc) is 2.27. The summed E-state index contributed by atoms with van der Waals surface area (Å²) in [4.78, 5) is 2.31. The maximum Gasteiger partial charge on any atom is 0.0596 e. The third-order valence-corrected chi connectivity index (χ3v) is 3.52. The second-order valence-electron chi connectivity index (χ2n) is 5.07. The standard InChI is InChI=1S/C14H21NO/c1-11-3-5-12(6-4-11)9-13-10-15(2)8-7-14(13)16/h3-6,13-14,16H,7-10H2,1-2H3. The molecule has 1 heterocycles. The van der Waals surface area contributed by atoms with E-state index >= 15 is 0 Å². The quantitative estimate of drug-likeness (QED) is 0.820. The van der Waals surface area contributed by atoms with Gasteiger partial charge in [-0.3, -0.25) is 0 Å². The molecule has 2 nitrogen and oxygen atoms in total. The largest absolute Gasteiger partial charge is 0.393 e. The number of hydrogen-bond donors (Lipinski definition) is 1. The summed E-state index contributed by atoms with van der Waals surface area (Å²) in [5, 5.41) is 9.98. The lowest BCUT2D eigenvalue weighted by atomic mass is 9.89. The summed E-state index contributed by atoms with van der Waals surface area (Å²) in [7, 11) is 2.13. The first kappa shape index (κ1) is 11.6. The normalized spacial score (nSPS) is 26.9. The van der Waals surface area contributed by atoms with Crippen molar-refractivity contribution in [1.29, 1.82) is 0 Å². The molecule has 0 aromatic heterocycles. The van der Waals surface area contributed by atoms with Gasteiger partial charge in [-0.2, -0.15) is 0 Å². The van der Waals surface area contributed by atoms with E-state index in [0.29, 0.717) is 5.92 Å². The Morgan fingerprint density at radius 2 is 2.00 bits per heavy atom. The van der Waals surface area contributed by atoms with E-state index in [2.05, 4.69) is 43.1 Å². The van der Waals surface area contributed by atoms with Crippen LogP contribution in [0.3, 0.4) is 0 Å². The van der Waals surface area contributed by atoms with E-state index in [1.165, 1.54) is 11.1 Å². The summed E-state index contributed by atoms with van der Waals surface area (Å²) in [6, 6.07) is 8.65. The number of aryl methyl sites for hydroxylation is 1. The van der Waals surface area contributed by atoms with Crippen LogP contribution in [0.25, 0.3) is 0 Å². The lowest BCUT2D eigenvalue weighted by Crippen LogP contribution is -2.41. The van der Waals surface area contributed by atoms with Crippen molar-refractivity contribution >= 4 is 0 Å². The molecule has 1 fully saturated rings.